The Morgan fingerprint density at radius 3 is 2.24 bits per heavy atom. The fraction of sp³-hybridized carbons (Fsp3) is 0.600. The second kappa shape index (κ2) is 7.27. The first-order chi connectivity index (χ1) is 8.04. The molecule has 1 atom stereocenters. The Labute approximate surface area is 112 Å². The molecule has 0 radical (unpaired) electrons. The first kappa shape index (κ1) is 14.8. The van der Waals surface area contributed by atoms with Crippen LogP contribution in [0.25, 0.3) is 0 Å². The van der Waals surface area contributed by atoms with Crippen LogP contribution in [0.2, 0.25) is 19.6 Å². The molecule has 0 bridgehead atoms. The number of unbranched alkanes of at least 4 members (excludes halogenated alkanes) is 2. The van der Waals surface area contributed by atoms with E-state index in [1.807, 2.05) is 0 Å². The van der Waals surface area contributed by atoms with Crippen molar-refractivity contribution in [3.05, 3.63) is 30.3 Å². The molecule has 17 heavy (non-hydrogen) atoms. The van der Waals surface area contributed by atoms with Gasteiger partial charge in [-0.15, -0.1) is 11.8 Å². The van der Waals surface area contributed by atoms with Gasteiger partial charge in [0.1, 0.15) is 0 Å². The Bertz CT molecular complexity index is 302. The van der Waals surface area contributed by atoms with Crippen LogP contribution >= 0.6 is 11.8 Å². The summed E-state index contributed by atoms with van der Waals surface area (Å²) in [6.07, 6.45) is 5.50. The smallest absolute Gasteiger partial charge is 0.0591 e. The molecule has 0 nitrogen and oxygen atoms in total. The van der Waals surface area contributed by atoms with Crippen molar-refractivity contribution in [3.63, 3.8) is 0 Å². The van der Waals surface area contributed by atoms with Crippen molar-refractivity contribution >= 4 is 19.8 Å². The van der Waals surface area contributed by atoms with Gasteiger partial charge in [0, 0.05) is 9.77 Å². The molecule has 0 N–H and O–H groups in total. The third kappa shape index (κ3) is 5.78. The van der Waals surface area contributed by atoms with Gasteiger partial charge in [0.2, 0.25) is 0 Å². The summed E-state index contributed by atoms with van der Waals surface area (Å²) >= 11 is 2.11. The molecule has 1 aromatic rings. The lowest BCUT2D eigenvalue weighted by molar-refractivity contribution is 0.688. The standard InChI is InChI=1S/C15H26SSi/c1-5-6-8-13-15(17(2,3)4)16-14-11-9-7-10-12-14/h7,9-12,15H,5-6,8,13H2,1-4H3. The molecule has 0 aliphatic rings. The Hall–Kier alpha value is -0.213. The van der Waals surface area contributed by atoms with Crippen molar-refractivity contribution in [2.24, 2.45) is 0 Å². The van der Waals surface area contributed by atoms with Crippen molar-refractivity contribution in [1.82, 2.24) is 0 Å². The second-order valence-electron chi connectivity index (χ2n) is 5.78. The van der Waals surface area contributed by atoms with Gasteiger partial charge in [-0.05, 0) is 18.6 Å². The van der Waals surface area contributed by atoms with Crippen LogP contribution in [0.15, 0.2) is 35.2 Å². The van der Waals surface area contributed by atoms with Crippen LogP contribution in [-0.4, -0.2) is 12.9 Å². The average molecular weight is 267 g/mol. The van der Waals surface area contributed by atoms with Gasteiger partial charge >= 0.3 is 0 Å². The zero-order valence-electron chi connectivity index (χ0n) is 11.7. The van der Waals surface area contributed by atoms with Gasteiger partial charge in [-0.25, -0.2) is 0 Å². The zero-order valence-corrected chi connectivity index (χ0v) is 13.5. The molecule has 0 aliphatic carbocycles. The molecular weight excluding hydrogens is 240 g/mol. The first-order valence-electron chi connectivity index (χ1n) is 6.75. The number of thioether (sulfide) groups is 1. The predicted octanol–water partition coefficient (Wildman–Crippen LogP) is 5.61. The second-order valence-corrected chi connectivity index (χ2v) is 12.9. The maximum Gasteiger partial charge on any atom is 0.0591 e. The molecule has 0 heterocycles. The quantitative estimate of drug-likeness (QED) is 0.351. The highest BCUT2D eigenvalue weighted by Crippen LogP contribution is 2.32. The lowest BCUT2D eigenvalue weighted by Crippen LogP contribution is -2.35. The maximum absolute atomic E-state index is 2.50. The Kier molecular flexibility index (Phi) is 6.35. The molecule has 2 heteroatoms. The summed E-state index contributed by atoms with van der Waals surface area (Å²) in [6, 6.07) is 10.9. The summed E-state index contributed by atoms with van der Waals surface area (Å²) in [6.45, 7) is 9.78. The number of hydrogen-bond acceptors (Lipinski definition) is 1. The topological polar surface area (TPSA) is 0 Å². The van der Waals surface area contributed by atoms with Crippen molar-refractivity contribution < 1.29 is 0 Å². The Balaban J connectivity index is 2.58. The molecule has 1 aromatic carbocycles. The molecule has 0 amide bonds. The highest BCUT2D eigenvalue weighted by molar-refractivity contribution is 8.01. The number of benzene rings is 1. The molecule has 0 fully saturated rings. The van der Waals surface area contributed by atoms with Crippen LogP contribution in [-0.2, 0) is 0 Å². The average Bonchev–Trinajstić information content (AvgIpc) is 2.28. The number of rotatable bonds is 7. The van der Waals surface area contributed by atoms with E-state index in [2.05, 4.69) is 68.7 Å². The normalized spacial score (nSPS) is 13.6. The minimum Gasteiger partial charge on any atom is -0.126 e. The van der Waals surface area contributed by atoms with Gasteiger partial charge in [-0.1, -0.05) is 64.0 Å². The van der Waals surface area contributed by atoms with Gasteiger partial charge < -0.3 is 0 Å². The fourth-order valence-electron chi connectivity index (χ4n) is 1.91. The SMILES string of the molecule is CCCCCC(Sc1ccccc1)[Si](C)(C)C. The highest BCUT2D eigenvalue weighted by Gasteiger charge is 2.26. The molecule has 96 valence electrons. The molecule has 0 saturated carbocycles. The van der Waals surface area contributed by atoms with E-state index in [1.165, 1.54) is 30.6 Å². The van der Waals surface area contributed by atoms with Crippen LogP contribution in [0.5, 0.6) is 0 Å². The summed E-state index contributed by atoms with van der Waals surface area (Å²) in [4.78, 5) is 2.30. The van der Waals surface area contributed by atoms with E-state index >= 15 is 0 Å². The number of hydrogen-bond donors (Lipinski definition) is 0. The third-order valence-electron chi connectivity index (χ3n) is 3.06. The molecule has 0 saturated heterocycles. The van der Waals surface area contributed by atoms with Gasteiger partial charge in [-0.3, -0.25) is 0 Å². The van der Waals surface area contributed by atoms with E-state index in [4.69, 9.17) is 0 Å². The highest BCUT2D eigenvalue weighted by atomic mass is 32.2. The molecular formula is C15H26SSi. The third-order valence-corrected chi connectivity index (χ3v) is 8.82. The van der Waals surface area contributed by atoms with Crippen molar-refractivity contribution in [3.8, 4) is 0 Å². The van der Waals surface area contributed by atoms with Crippen molar-refractivity contribution in [2.45, 2.75) is 62.0 Å². The zero-order chi connectivity index (χ0) is 12.7. The van der Waals surface area contributed by atoms with E-state index in [0.29, 0.717) is 0 Å². The molecule has 1 unspecified atom stereocenters. The fourth-order valence-corrected chi connectivity index (χ4v) is 5.73. The summed E-state index contributed by atoms with van der Waals surface area (Å²) in [5.41, 5.74) is 0. The molecule has 0 aromatic heterocycles. The van der Waals surface area contributed by atoms with Crippen LogP contribution in [0, 0.1) is 0 Å². The lowest BCUT2D eigenvalue weighted by Gasteiger charge is -2.28. The van der Waals surface area contributed by atoms with Crippen molar-refractivity contribution in [2.75, 3.05) is 0 Å². The largest absolute Gasteiger partial charge is 0.126 e. The van der Waals surface area contributed by atoms with Crippen LogP contribution in [0.4, 0.5) is 0 Å². The lowest BCUT2D eigenvalue weighted by atomic mass is 10.2. The molecule has 0 spiro atoms. The van der Waals surface area contributed by atoms with Crippen LogP contribution < -0.4 is 0 Å². The summed E-state index contributed by atoms with van der Waals surface area (Å²) in [5.74, 6) is 0. The van der Waals surface area contributed by atoms with E-state index in [1.54, 1.807) is 0 Å². The monoisotopic (exact) mass is 266 g/mol. The van der Waals surface area contributed by atoms with Crippen molar-refractivity contribution in [1.29, 1.82) is 0 Å². The summed E-state index contributed by atoms with van der Waals surface area (Å²) in [7, 11) is -1.06. The van der Waals surface area contributed by atoms with E-state index in [-0.39, 0.29) is 0 Å². The summed E-state index contributed by atoms with van der Waals surface area (Å²) < 4.78 is 0. The summed E-state index contributed by atoms with van der Waals surface area (Å²) in [5, 5.41) is 0. The van der Waals surface area contributed by atoms with Gasteiger partial charge in [0.05, 0.1) is 8.07 Å². The molecule has 1 rings (SSSR count). The molecule has 0 aliphatic heterocycles. The van der Waals surface area contributed by atoms with E-state index in [9.17, 15) is 0 Å². The predicted molar refractivity (Wildman–Crippen MR) is 83.6 cm³/mol. The van der Waals surface area contributed by atoms with Gasteiger partial charge in [-0.2, -0.15) is 0 Å². The van der Waals surface area contributed by atoms with Crippen LogP contribution in [0.1, 0.15) is 32.6 Å². The minimum absolute atomic E-state index is 0.858. The van der Waals surface area contributed by atoms with Gasteiger partial charge in [0.25, 0.3) is 0 Å². The van der Waals surface area contributed by atoms with E-state index < -0.39 is 8.07 Å². The Morgan fingerprint density at radius 1 is 1.06 bits per heavy atom. The first-order valence-corrected chi connectivity index (χ1v) is 11.2. The van der Waals surface area contributed by atoms with E-state index in [0.717, 1.165) is 4.87 Å². The van der Waals surface area contributed by atoms with Gasteiger partial charge in [0.15, 0.2) is 0 Å². The minimum atomic E-state index is -1.06. The maximum atomic E-state index is 2.50. The van der Waals surface area contributed by atoms with Crippen LogP contribution in [0.3, 0.4) is 0 Å². The Morgan fingerprint density at radius 2 is 1.71 bits per heavy atom.